The Bertz CT molecular complexity index is 1050. The van der Waals surface area contributed by atoms with Crippen molar-refractivity contribution >= 4 is 10.8 Å². The van der Waals surface area contributed by atoms with Crippen molar-refractivity contribution in [1.29, 1.82) is 0 Å². The van der Waals surface area contributed by atoms with Gasteiger partial charge >= 0.3 is 0 Å². The van der Waals surface area contributed by atoms with E-state index < -0.39 is 0 Å². The molecular formula is C30H38IrNO2-. The third-order valence-electron chi connectivity index (χ3n) is 7.80. The van der Waals surface area contributed by atoms with Crippen LogP contribution < -0.4 is 0 Å². The molecule has 0 amide bonds. The summed E-state index contributed by atoms with van der Waals surface area (Å²) in [6.45, 7) is 8.42. The molecule has 2 saturated carbocycles. The Hall–Kier alpha value is -1.58. The molecule has 1 heterocycles. The van der Waals surface area contributed by atoms with Crippen LogP contribution in [0.25, 0.3) is 22.0 Å². The topological polar surface area (TPSA) is 53.4 Å². The van der Waals surface area contributed by atoms with Gasteiger partial charge in [0.25, 0.3) is 0 Å². The van der Waals surface area contributed by atoms with E-state index in [4.69, 9.17) is 0 Å². The van der Waals surface area contributed by atoms with E-state index in [1.165, 1.54) is 35.6 Å². The van der Waals surface area contributed by atoms with Crippen LogP contribution in [-0.2, 0) is 20.1 Å². The van der Waals surface area contributed by atoms with Crippen molar-refractivity contribution < 1.29 is 30.3 Å². The zero-order valence-electron chi connectivity index (χ0n) is 20.8. The first-order valence-electron chi connectivity index (χ1n) is 12.6. The van der Waals surface area contributed by atoms with Crippen LogP contribution in [0.4, 0.5) is 0 Å². The van der Waals surface area contributed by atoms with E-state index in [9.17, 15) is 10.2 Å². The smallest absolute Gasteiger partial charge is 0.0621 e. The van der Waals surface area contributed by atoms with Gasteiger partial charge in [0, 0.05) is 32.2 Å². The van der Waals surface area contributed by atoms with Crippen molar-refractivity contribution in [3.63, 3.8) is 0 Å². The summed E-state index contributed by atoms with van der Waals surface area (Å²) < 4.78 is 0. The zero-order chi connectivity index (χ0) is 23.5. The largest absolute Gasteiger partial charge is 0.392 e. The fourth-order valence-corrected chi connectivity index (χ4v) is 5.93. The summed E-state index contributed by atoms with van der Waals surface area (Å²) in [6, 6.07) is 18.0. The van der Waals surface area contributed by atoms with Gasteiger partial charge in [0.1, 0.15) is 0 Å². The van der Waals surface area contributed by atoms with Gasteiger partial charge in [0.05, 0.1) is 12.2 Å². The van der Waals surface area contributed by atoms with E-state index in [-0.39, 0.29) is 38.2 Å². The standard InChI is InChI=1S/C17H14N.C13H24O2.Ir/c1-12-9-13(2)11-15(10-12)17-16-6-4-3-5-14(16)7-8-18-17;1-8-4-3-5-10-7-6-9(2)13(15)11(10)12(8)14;/h3-10H,1-2H3;8-15H,3-7H2,1-2H3;/q-1;;/t;8-,9-,10?,11?,12?,13?;/m.0./s1. The second kappa shape index (κ2) is 11.9. The third-order valence-corrected chi connectivity index (χ3v) is 7.80. The molecule has 2 N–H and O–H groups in total. The zero-order valence-corrected chi connectivity index (χ0v) is 23.2. The van der Waals surface area contributed by atoms with Gasteiger partial charge in [0.15, 0.2) is 0 Å². The first-order chi connectivity index (χ1) is 15.8. The first-order valence-corrected chi connectivity index (χ1v) is 12.6. The maximum atomic E-state index is 10.3. The minimum Gasteiger partial charge on any atom is -0.392 e. The third kappa shape index (κ3) is 5.97. The van der Waals surface area contributed by atoms with Crippen LogP contribution in [0.15, 0.2) is 48.7 Å². The Morgan fingerprint density at radius 1 is 0.882 bits per heavy atom. The molecule has 4 unspecified atom stereocenters. The van der Waals surface area contributed by atoms with Crippen LogP contribution >= 0.6 is 0 Å². The monoisotopic (exact) mass is 637 g/mol. The van der Waals surface area contributed by atoms with E-state index in [0.717, 1.165) is 29.7 Å². The molecule has 0 aliphatic heterocycles. The second-order valence-electron chi connectivity index (χ2n) is 10.4. The first kappa shape index (κ1) is 27.0. The average molecular weight is 637 g/mol. The van der Waals surface area contributed by atoms with E-state index in [0.29, 0.717) is 17.8 Å². The SMILES string of the molecule is C[C@H]1CCCC2CC[C@H](C)C(O)C2C1O.Cc1[c-]c(-c2nccc3ccccc23)cc(C)c1.[Ir]. The summed E-state index contributed by atoms with van der Waals surface area (Å²) >= 11 is 0. The number of aromatic nitrogens is 1. The Morgan fingerprint density at radius 3 is 2.32 bits per heavy atom. The maximum Gasteiger partial charge on any atom is 0.0621 e. The van der Waals surface area contributed by atoms with E-state index >= 15 is 0 Å². The molecule has 3 aromatic rings. The van der Waals surface area contributed by atoms with Crippen molar-refractivity contribution in [2.75, 3.05) is 0 Å². The molecule has 185 valence electrons. The van der Waals surface area contributed by atoms with E-state index in [2.05, 4.69) is 75.1 Å². The minimum absolute atomic E-state index is 0. The summed E-state index contributed by atoms with van der Waals surface area (Å²) in [5.74, 6) is 1.44. The number of rotatable bonds is 1. The van der Waals surface area contributed by atoms with Crippen molar-refractivity contribution in [2.24, 2.45) is 23.7 Å². The fraction of sp³-hybridized carbons (Fsp3) is 0.500. The van der Waals surface area contributed by atoms with Crippen molar-refractivity contribution in [1.82, 2.24) is 4.98 Å². The minimum atomic E-state index is -0.282. The van der Waals surface area contributed by atoms with Crippen LogP contribution in [0.2, 0.25) is 0 Å². The molecule has 2 aliphatic rings. The van der Waals surface area contributed by atoms with Crippen LogP contribution in [0.3, 0.4) is 0 Å². The van der Waals surface area contributed by atoms with Crippen molar-refractivity contribution in [3.05, 3.63) is 65.9 Å². The number of nitrogens with zero attached hydrogens (tertiary/aromatic N) is 1. The van der Waals surface area contributed by atoms with Gasteiger partial charge in [0.2, 0.25) is 0 Å². The van der Waals surface area contributed by atoms with Gasteiger partial charge in [-0.2, -0.15) is 0 Å². The molecule has 0 bridgehead atoms. The Labute approximate surface area is 218 Å². The summed E-state index contributed by atoms with van der Waals surface area (Å²) in [5.41, 5.74) is 4.49. The Morgan fingerprint density at radius 2 is 1.59 bits per heavy atom. The summed E-state index contributed by atoms with van der Waals surface area (Å²) in [5, 5.41) is 22.9. The number of aliphatic hydroxyl groups is 2. The second-order valence-corrected chi connectivity index (χ2v) is 10.4. The van der Waals surface area contributed by atoms with E-state index in [1.54, 1.807) is 0 Å². The molecule has 1 aromatic heterocycles. The summed E-state index contributed by atoms with van der Waals surface area (Å²) in [6.07, 6.45) is 7.18. The number of aliphatic hydroxyl groups excluding tert-OH is 2. The summed E-state index contributed by atoms with van der Waals surface area (Å²) in [7, 11) is 0. The van der Waals surface area contributed by atoms with Crippen molar-refractivity contribution in [2.45, 2.75) is 72.0 Å². The Balaban J connectivity index is 0.000000188. The molecule has 2 aromatic carbocycles. The summed E-state index contributed by atoms with van der Waals surface area (Å²) in [4.78, 5) is 4.53. The average Bonchev–Trinajstić information content (AvgIpc) is 2.94. The molecule has 2 fully saturated rings. The van der Waals surface area contributed by atoms with Crippen LogP contribution in [0.1, 0.15) is 57.1 Å². The number of hydrogen-bond donors (Lipinski definition) is 2. The molecule has 2 aliphatic carbocycles. The van der Waals surface area contributed by atoms with Crippen LogP contribution in [0, 0.1) is 43.6 Å². The van der Waals surface area contributed by atoms with Crippen LogP contribution in [-0.4, -0.2) is 27.4 Å². The molecule has 6 atom stereocenters. The number of hydrogen-bond acceptors (Lipinski definition) is 3. The fourth-order valence-electron chi connectivity index (χ4n) is 5.93. The van der Waals surface area contributed by atoms with Crippen LogP contribution in [0.5, 0.6) is 0 Å². The van der Waals surface area contributed by atoms with Gasteiger partial charge in [-0.15, -0.1) is 34.9 Å². The van der Waals surface area contributed by atoms with Gasteiger partial charge in [-0.3, -0.25) is 0 Å². The number of pyridine rings is 1. The quantitative estimate of drug-likeness (QED) is 0.300. The van der Waals surface area contributed by atoms with Gasteiger partial charge < -0.3 is 15.2 Å². The molecule has 3 nitrogen and oxygen atoms in total. The predicted molar refractivity (Wildman–Crippen MR) is 136 cm³/mol. The number of benzene rings is 2. The number of aryl methyl sites for hydroxylation is 2. The molecule has 4 heteroatoms. The van der Waals surface area contributed by atoms with Crippen molar-refractivity contribution in [3.8, 4) is 11.3 Å². The van der Waals surface area contributed by atoms with E-state index in [1.807, 2.05) is 12.3 Å². The maximum absolute atomic E-state index is 10.3. The molecule has 0 spiro atoms. The van der Waals surface area contributed by atoms with Gasteiger partial charge in [-0.1, -0.05) is 58.4 Å². The predicted octanol–water partition coefficient (Wildman–Crippen LogP) is 6.51. The molecule has 34 heavy (non-hydrogen) atoms. The molecule has 5 rings (SSSR count). The normalized spacial score (nSPS) is 28.6. The van der Waals surface area contributed by atoms with Gasteiger partial charge in [-0.25, -0.2) is 0 Å². The number of fused-ring (bicyclic) bond motifs is 2. The Kier molecular flexibility index (Phi) is 9.46. The van der Waals surface area contributed by atoms with Gasteiger partial charge in [-0.05, 0) is 66.0 Å². The molecule has 1 radical (unpaired) electrons. The molecule has 0 saturated heterocycles. The molecular weight excluding hydrogens is 599 g/mol.